The summed E-state index contributed by atoms with van der Waals surface area (Å²) < 4.78 is 5.12. The Morgan fingerprint density at radius 3 is 2.10 bits per heavy atom. The van der Waals surface area contributed by atoms with Gasteiger partial charge >= 0.3 is 0 Å². The lowest BCUT2D eigenvalue weighted by Gasteiger charge is -2.33. The molecule has 1 rings (SSSR count). The molecule has 0 aliphatic heterocycles. The van der Waals surface area contributed by atoms with Crippen LogP contribution in [0.1, 0.15) is 40.0 Å². The minimum absolute atomic E-state index is 0.597. The number of ether oxygens (including phenoxy) is 1. The van der Waals surface area contributed by atoms with Gasteiger partial charge in [-0.15, -0.1) is 0 Å². The highest BCUT2D eigenvalue weighted by molar-refractivity contribution is 4.78. The molecular weight excluding hydrogens is 124 g/mol. The Bertz CT molecular complexity index is 57.1. The molecule has 1 aliphatic carbocycles. The average molecular weight is 144 g/mol. The lowest BCUT2D eigenvalue weighted by molar-refractivity contribution is 0.000104. The van der Waals surface area contributed by atoms with Crippen LogP contribution in [0.2, 0.25) is 0 Å². The van der Waals surface area contributed by atoms with E-state index in [4.69, 9.17) is 4.74 Å². The normalized spacial score (nSPS) is 30.0. The van der Waals surface area contributed by atoms with Crippen LogP contribution in [-0.2, 0) is 4.74 Å². The molecule has 0 radical (unpaired) electrons. The molecule has 1 fully saturated rings. The quantitative estimate of drug-likeness (QED) is 0.579. The van der Waals surface area contributed by atoms with Crippen LogP contribution in [0.5, 0.6) is 0 Å². The molecule has 0 aromatic rings. The molecule has 0 saturated heterocycles. The van der Waals surface area contributed by atoms with Crippen LogP contribution in [0, 0.1) is 5.92 Å². The van der Waals surface area contributed by atoms with Gasteiger partial charge in [0.25, 0.3) is 0 Å². The van der Waals surface area contributed by atoms with Gasteiger partial charge in [0.1, 0.15) is 0 Å². The minimum Gasteiger partial charge on any atom is -0.381 e. The van der Waals surface area contributed by atoms with Gasteiger partial charge in [0.15, 0.2) is 0 Å². The van der Waals surface area contributed by atoms with Crippen molar-refractivity contribution in [2.45, 2.75) is 46.1 Å². The van der Waals surface area contributed by atoms with Crippen molar-refractivity contribution in [1.29, 1.82) is 0 Å². The van der Waals surface area contributed by atoms with Gasteiger partial charge in [-0.1, -0.05) is 27.2 Å². The molecule has 0 unspecified atom stereocenters. The monoisotopic (exact) mass is 144 g/mol. The first-order valence-corrected chi connectivity index (χ1v) is 4.39. The Morgan fingerprint density at radius 1 is 1.30 bits per heavy atom. The summed E-state index contributed by atoms with van der Waals surface area (Å²) in [5.41, 5.74) is 0. The highest BCUT2D eigenvalue weighted by Gasteiger charge is 2.26. The van der Waals surface area contributed by atoms with E-state index in [0.717, 1.165) is 5.92 Å². The molecule has 62 valence electrons. The number of hydrogen-bond donors (Lipinski definition) is 0. The van der Waals surface area contributed by atoms with Crippen molar-refractivity contribution in [3.8, 4) is 0 Å². The van der Waals surface area contributed by atoms with E-state index < -0.39 is 0 Å². The van der Waals surface area contributed by atoms with Crippen molar-refractivity contribution in [1.82, 2.24) is 0 Å². The summed E-state index contributed by atoms with van der Waals surface area (Å²) in [7, 11) is 1.80. The fraction of sp³-hybridized carbons (Fsp3) is 1.00. The zero-order valence-corrected chi connectivity index (χ0v) is 7.68. The van der Waals surface area contributed by atoms with E-state index in [1.165, 1.54) is 19.3 Å². The Balaban J connectivity index is 0.000000371. The molecule has 0 aromatic carbocycles. The maximum atomic E-state index is 5.12. The van der Waals surface area contributed by atoms with Crippen molar-refractivity contribution < 1.29 is 4.74 Å². The van der Waals surface area contributed by atoms with Crippen molar-refractivity contribution in [3.05, 3.63) is 0 Å². The molecule has 0 spiro atoms. The van der Waals surface area contributed by atoms with E-state index >= 15 is 0 Å². The Morgan fingerprint density at radius 2 is 1.80 bits per heavy atom. The summed E-state index contributed by atoms with van der Waals surface area (Å²) >= 11 is 0. The highest BCUT2D eigenvalue weighted by atomic mass is 16.5. The third-order valence-electron chi connectivity index (χ3n) is 2.10. The zero-order chi connectivity index (χ0) is 7.98. The summed E-state index contributed by atoms with van der Waals surface area (Å²) in [5, 5.41) is 0. The fourth-order valence-electron chi connectivity index (χ4n) is 1.20. The Hall–Kier alpha value is -0.0400. The second-order valence-electron chi connectivity index (χ2n) is 2.60. The van der Waals surface area contributed by atoms with Crippen LogP contribution in [0.3, 0.4) is 0 Å². The van der Waals surface area contributed by atoms with Gasteiger partial charge in [-0.3, -0.25) is 0 Å². The minimum atomic E-state index is 0.597. The highest BCUT2D eigenvalue weighted by Crippen LogP contribution is 2.31. The van der Waals surface area contributed by atoms with Crippen LogP contribution in [0.25, 0.3) is 0 Å². The molecule has 1 heteroatoms. The fourth-order valence-corrected chi connectivity index (χ4v) is 1.20. The number of methoxy groups -OCH3 is 1. The van der Waals surface area contributed by atoms with Crippen LogP contribution in [0.4, 0.5) is 0 Å². The molecule has 0 amide bonds. The number of hydrogen-bond acceptors (Lipinski definition) is 1. The first kappa shape index (κ1) is 9.96. The van der Waals surface area contributed by atoms with Crippen molar-refractivity contribution >= 4 is 0 Å². The summed E-state index contributed by atoms with van der Waals surface area (Å²) in [6.07, 6.45) is 4.53. The lowest BCUT2D eigenvalue weighted by atomic mass is 9.81. The molecule has 0 atom stereocenters. The van der Waals surface area contributed by atoms with Crippen LogP contribution >= 0.6 is 0 Å². The zero-order valence-electron chi connectivity index (χ0n) is 7.68. The van der Waals surface area contributed by atoms with E-state index in [9.17, 15) is 0 Å². The van der Waals surface area contributed by atoms with Crippen molar-refractivity contribution in [3.63, 3.8) is 0 Å². The summed E-state index contributed by atoms with van der Waals surface area (Å²) in [6, 6.07) is 0. The van der Waals surface area contributed by atoms with Crippen LogP contribution in [-0.4, -0.2) is 13.2 Å². The average Bonchev–Trinajstić information content (AvgIpc) is 1.91. The van der Waals surface area contributed by atoms with E-state index in [1.807, 2.05) is 13.8 Å². The standard InChI is InChI=1S/C7H14O.C2H6/c1-3-6-4-7(5-6)8-2;1-2/h6-7H,3-5H2,1-2H3;1-2H3. The third-order valence-corrected chi connectivity index (χ3v) is 2.10. The Labute approximate surface area is 64.8 Å². The van der Waals surface area contributed by atoms with E-state index in [-0.39, 0.29) is 0 Å². The van der Waals surface area contributed by atoms with Gasteiger partial charge in [0, 0.05) is 7.11 Å². The van der Waals surface area contributed by atoms with E-state index in [2.05, 4.69) is 6.92 Å². The van der Waals surface area contributed by atoms with Gasteiger partial charge in [-0.2, -0.15) is 0 Å². The summed E-state index contributed by atoms with van der Waals surface area (Å²) in [5.74, 6) is 0.972. The predicted molar refractivity (Wildman–Crippen MR) is 45.2 cm³/mol. The largest absolute Gasteiger partial charge is 0.381 e. The summed E-state index contributed by atoms with van der Waals surface area (Å²) in [6.45, 7) is 6.25. The van der Waals surface area contributed by atoms with Crippen molar-refractivity contribution in [2.24, 2.45) is 5.92 Å². The molecule has 1 nitrogen and oxygen atoms in total. The maximum absolute atomic E-state index is 5.12. The molecule has 0 aromatic heterocycles. The van der Waals surface area contributed by atoms with Gasteiger partial charge in [-0.25, -0.2) is 0 Å². The second kappa shape index (κ2) is 5.72. The van der Waals surface area contributed by atoms with Crippen molar-refractivity contribution in [2.75, 3.05) is 7.11 Å². The molecule has 0 bridgehead atoms. The SMILES string of the molecule is CC.CCC1CC(OC)C1. The summed E-state index contributed by atoms with van der Waals surface area (Å²) in [4.78, 5) is 0. The van der Waals surface area contributed by atoms with Crippen LogP contribution in [0.15, 0.2) is 0 Å². The van der Waals surface area contributed by atoms with Gasteiger partial charge < -0.3 is 4.74 Å². The van der Waals surface area contributed by atoms with E-state index in [0.29, 0.717) is 6.10 Å². The molecule has 0 N–H and O–H groups in total. The van der Waals surface area contributed by atoms with Gasteiger partial charge in [-0.05, 0) is 18.8 Å². The topological polar surface area (TPSA) is 9.23 Å². The molecule has 1 aliphatic rings. The van der Waals surface area contributed by atoms with Gasteiger partial charge in [0.05, 0.1) is 6.10 Å². The number of rotatable bonds is 2. The van der Waals surface area contributed by atoms with Gasteiger partial charge in [0.2, 0.25) is 0 Å². The van der Waals surface area contributed by atoms with Crippen LogP contribution < -0.4 is 0 Å². The maximum Gasteiger partial charge on any atom is 0.0576 e. The Kier molecular flexibility index (Phi) is 5.70. The molecule has 1 saturated carbocycles. The van der Waals surface area contributed by atoms with E-state index in [1.54, 1.807) is 7.11 Å². The first-order valence-electron chi connectivity index (χ1n) is 4.39. The lowest BCUT2D eigenvalue weighted by Crippen LogP contribution is -2.29. The second-order valence-corrected chi connectivity index (χ2v) is 2.60. The smallest absolute Gasteiger partial charge is 0.0576 e. The molecule has 0 heterocycles. The predicted octanol–water partition coefficient (Wildman–Crippen LogP) is 2.85. The molecular formula is C9H20O. The first-order chi connectivity index (χ1) is 4.86. The molecule has 10 heavy (non-hydrogen) atoms. The third kappa shape index (κ3) is 2.70.